The molecule has 0 atom stereocenters. The third-order valence-corrected chi connectivity index (χ3v) is 3.79. The molecule has 0 aliphatic carbocycles. The van der Waals surface area contributed by atoms with Crippen molar-refractivity contribution in [2.24, 2.45) is 0 Å². The molecule has 24 heavy (non-hydrogen) atoms. The monoisotopic (exact) mass is 319 g/mol. The van der Waals surface area contributed by atoms with E-state index in [0.29, 0.717) is 13.2 Å². The van der Waals surface area contributed by atoms with E-state index in [1.54, 1.807) is 12.1 Å². The lowest BCUT2D eigenvalue weighted by atomic mass is 10.1. The smallest absolute Gasteiger partial charge is 0.120 e. The molecular formula is C21H21NO2. The van der Waals surface area contributed by atoms with Crippen molar-refractivity contribution < 1.29 is 9.84 Å². The molecule has 0 unspecified atom stereocenters. The topological polar surface area (TPSA) is 41.5 Å². The van der Waals surface area contributed by atoms with E-state index < -0.39 is 0 Å². The maximum absolute atomic E-state index is 10.0. The summed E-state index contributed by atoms with van der Waals surface area (Å²) in [6, 6.07) is 25.6. The molecule has 3 nitrogen and oxygen atoms in total. The average molecular weight is 319 g/mol. The Hall–Kier alpha value is -2.78. The second-order valence-corrected chi connectivity index (χ2v) is 5.65. The summed E-state index contributed by atoms with van der Waals surface area (Å²) in [6.45, 7) is 1.86. The first-order valence-corrected chi connectivity index (χ1v) is 8.04. The molecule has 0 radical (unpaired) electrons. The second-order valence-electron chi connectivity index (χ2n) is 5.65. The van der Waals surface area contributed by atoms with Crippen LogP contribution >= 0.6 is 0 Å². The number of benzene rings is 3. The highest BCUT2D eigenvalue weighted by Gasteiger charge is 2.04. The molecule has 0 aromatic heterocycles. The lowest BCUT2D eigenvalue weighted by Gasteiger charge is -2.11. The van der Waals surface area contributed by atoms with Crippen molar-refractivity contribution in [3.63, 3.8) is 0 Å². The van der Waals surface area contributed by atoms with Gasteiger partial charge in [0.2, 0.25) is 0 Å². The van der Waals surface area contributed by atoms with Gasteiger partial charge in [0.1, 0.15) is 18.1 Å². The quantitative estimate of drug-likeness (QED) is 0.683. The van der Waals surface area contributed by atoms with Gasteiger partial charge in [0, 0.05) is 18.7 Å². The van der Waals surface area contributed by atoms with Crippen molar-refractivity contribution in [2.75, 3.05) is 0 Å². The van der Waals surface area contributed by atoms with Gasteiger partial charge in [0.15, 0.2) is 0 Å². The fraction of sp³-hybridized carbons (Fsp3) is 0.143. The molecule has 0 saturated carbocycles. The van der Waals surface area contributed by atoms with Crippen LogP contribution < -0.4 is 10.1 Å². The number of ether oxygens (including phenoxy) is 1. The molecule has 3 heteroatoms. The number of hydrogen-bond donors (Lipinski definition) is 2. The third-order valence-electron chi connectivity index (χ3n) is 3.79. The molecule has 0 heterocycles. The molecule has 0 fully saturated rings. The predicted molar refractivity (Wildman–Crippen MR) is 95.9 cm³/mol. The van der Waals surface area contributed by atoms with Crippen molar-refractivity contribution >= 4 is 0 Å². The summed E-state index contributed by atoms with van der Waals surface area (Å²) in [5.74, 6) is 1.04. The first-order valence-electron chi connectivity index (χ1n) is 8.04. The van der Waals surface area contributed by atoms with E-state index in [9.17, 15) is 5.11 Å². The minimum absolute atomic E-state index is 0.280. The van der Waals surface area contributed by atoms with Gasteiger partial charge in [-0.2, -0.15) is 0 Å². The van der Waals surface area contributed by atoms with Gasteiger partial charge in [-0.3, -0.25) is 0 Å². The van der Waals surface area contributed by atoms with Crippen LogP contribution in [0.2, 0.25) is 0 Å². The lowest BCUT2D eigenvalue weighted by Crippen LogP contribution is -2.12. The maximum Gasteiger partial charge on any atom is 0.120 e. The highest BCUT2D eigenvalue weighted by atomic mass is 16.5. The van der Waals surface area contributed by atoms with Gasteiger partial charge in [-0.05, 0) is 29.3 Å². The normalized spacial score (nSPS) is 10.5. The molecular weight excluding hydrogens is 298 g/mol. The molecule has 2 N–H and O–H groups in total. The molecule has 0 aliphatic heterocycles. The van der Waals surface area contributed by atoms with Crippen LogP contribution in [0, 0.1) is 0 Å². The van der Waals surface area contributed by atoms with E-state index >= 15 is 0 Å². The SMILES string of the molecule is Oc1ccc(OCc2ccccc2)cc1CNCc1ccccc1. The molecule has 3 aromatic carbocycles. The van der Waals surface area contributed by atoms with E-state index in [1.807, 2.05) is 54.6 Å². The number of aromatic hydroxyl groups is 1. The van der Waals surface area contributed by atoms with Gasteiger partial charge in [0.25, 0.3) is 0 Å². The Morgan fingerprint density at radius 1 is 0.750 bits per heavy atom. The molecule has 3 aromatic rings. The van der Waals surface area contributed by atoms with E-state index in [2.05, 4.69) is 17.4 Å². The summed E-state index contributed by atoms with van der Waals surface area (Å²) in [7, 11) is 0. The molecule has 0 amide bonds. The lowest BCUT2D eigenvalue weighted by molar-refractivity contribution is 0.305. The first kappa shape index (κ1) is 16.1. The largest absolute Gasteiger partial charge is 0.508 e. The summed E-state index contributed by atoms with van der Waals surface area (Å²) >= 11 is 0. The Bertz CT molecular complexity index is 757. The Morgan fingerprint density at radius 2 is 1.42 bits per heavy atom. The summed E-state index contributed by atoms with van der Waals surface area (Å²) in [4.78, 5) is 0. The van der Waals surface area contributed by atoms with Gasteiger partial charge < -0.3 is 15.2 Å². The molecule has 0 bridgehead atoms. The molecule has 0 saturated heterocycles. The van der Waals surface area contributed by atoms with Crippen LogP contribution in [0.1, 0.15) is 16.7 Å². The van der Waals surface area contributed by atoms with Crippen molar-refractivity contribution in [3.05, 3.63) is 95.6 Å². The fourth-order valence-corrected chi connectivity index (χ4v) is 2.47. The summed E-state index contributed by atoms with van der Waals surface area (Å²) < 4.78 is 5.81. The number of hydrogen-bond acceptors (Lipinski definition) is 3. The fourth-order valence-electron chi connectivity index (χ4n) is 2.47. The standard InChI is InChI=1S/C21H21NO2/c23-21-12-11-20(24-16-18-9-5-2-6-10-18)13-19(21)15-22-14-17-7-3-1-4-8-17/h1-13,22-23H,14-16H2. The van der Waals surface area contributed by atoms with Crippen LogP contribution in [0.25, 0.3) is 0 Å². The molecule has 0 aliphatic rings. The summed E-state index contributed by atoms with van der Waals surface area (Å²) in [5, 5.41) is 13.4. The molecule has 122 valence electrons. The Kier molecular flexibility index (Phi) is 5.48. The van der Waals surface area contributed by atoms with Crippen LogP contribution in [-0.4, -0.2) is 5.11 Å². The zero-order valence-corrected chi connectivity index (χ0v) is 13.5. The Labute approximate surface area is 142 Å². The highest BCUT2D eigenvalue weighted by Crippen LogP contribution is 2.23. The zero-order chi connectivity index (χ0) is 16.6. The molecule has 3 rings (SSSR count). The van der Waals surface area contributed by atoms with Gasteiger partial charge in [-0.15, -0.1) is 0 Å². The number of phenolic OH excluding ortho intramolecular Hbond substituents is 1. The van der Waals surface area contributed by atoms with Crippen LogP contribution in [0.5, 0.6) is 11.5 Å². The van der Waals surface area contributed by atoms with Crippen molar-refractivity contribution in [1.29, 1.82) is 0 Å². The van der Waals surface area contributed by atoms with E-state index in [1.165, 1.54) is 5.56 Å². The van der Waals surface area contributed by atoms with Gasteiger partial charge in [0.05, 0.1) is 0 Å². The van der Waals surface area contributed by atoms with Gasteiger partial charge in [-0.1, -0.05) is 60.7 Å². The van der Waals surface area contributed by atoms with Crippen LogP contribution in [0.3, 0.4) is 0 Å². The van der Waals surface area contributed by atoms with Gasteiger partial charge >= 0.3 is 0 Å². The van der Waals surface area contributed by atoms with E-state index in [0.717, 1.165) is 23.4 Å². The van der Waals surface area contributed by atoms with Crippen LogP contribution in [0.4, 0.5) is 0 Å². The van der Waals surface area contributed by atoms with E-state index in [-0.39, 0.29) is 5.75 Å². The van der Waals surface area contributed by atoms with Crippen molar-refractivity contribution in [2.45, 2.75) is 19.7 Å². The van der Waals surface area contributed by atoms with Crippen molar-refractivity contribution in [3.8, 4) is 11.5 Å². The number of rotatable bonds is 7. The second kappa shape index (κ2) is 8.18. The minimum Gasteiger partial charge on any atom is -0.508 e. The minimum atomic E-state index is 0.280. The van der Waals surface area contributed by atoms with Crippen LogP contribution in [-0.2, 0) is 19.7 Å². The zero-order valence-electron chi connectivity index (χ0n) is 13.5. The van der Waals surface area contributed by atoms with Gasteiger partial charge in [-0.25, -0.2) is 0 Å². The third kappa shape index (κ3) is 4.61. The van der Waals surface area contributed by atoms with Crippen LogP contribution in [0.15, 0.2) is 78.9 Å². The maximum atomic E-state index is 10.0. The van der Waals surface area contributed by atoms with Crippen molar-refractivity contribution in [1.82, 2.24) is 5.32 Å². The summed E-state index contributed by atoms with van der Waals surface area (Å²) in [6.07, 6.45) is 0. The average Bonchev–Trinajstić information content (AvgIpc) is 2.64. The molecule has 0 spiro atoms. The Morgan fingerprint density at radius 3 is 2.12 bits per heavy atom. The number of phenols is 1. The Balaban J connectivity index is 1.57. The highest BCUT2D eigenvalue weighted by molar-refractivity contribution is 5.39. The van der Waals surface area contributed by atoms with E-state index in [4.69, 9.17) is 4.74 Å². The first-order chi connectivity index (χ1) is 11.8. The summed E-state index contributed by atoms with van der Waals surface area (Å²) in [5.41, 5.74) is 3.17. The number of nitrogens with one attached hydrogen (secondary N) is 1. The predicted octanol–water partition coefficient (Wildman–Crippen LogP) is 4.26.